The van der Waals surface area contributed by atoms with Gasteiger partial charge in [0.1, 0.15) is 0 Å². The van der Waals surface area contributed by atoms with Crippen LogP contribution in [-0.2, 0) is 6.42 Å². The highest BCUT2D eigenvalue weighted by molar-refractivity contribution is 6.72. The number of allylic oxidation sites excluding steroid dienone is 1. The van der Waals surface area contributed by atoms with Crippen LogP contribution in [0.15, 0.2) is 22.7 Å². The molecule has 0 spiro atoms. The quantitative estimate of drug-likeness (QED) is 0.833. The van der Waals surface area contributed by atoms with E-state index in [1.54, 1.807) is 0 Å². The standard InChI is InChI=1S/C17H25NO2Si/c1-7-8-14-9-13(11-17(3,4)21(5,6)19)10-15-12(2)18-20-16(14)15/h7-10,19H,11H2,1-6H3/b8-7+. The second kappa shape index (κ2) is 5.43. The van der Waals surface area contributed by atoms with Crippen molar-refractivity contribution in [2.24, 2.45) is 0 Å². The molecule has 0 aliphatic rings. The van der Waals surface area contributed by atoms with Crippen LogP contribution in [0, 0.1) is 6.92 Å². The molecule has 21 heavy (non-hydrogen) atoms. The number of aromatic nitrogens is 1. The summed E-state index contributed by atoms with van der Waals surface area (Å²) < 4.78 is 5.44. The van der Waals surface area contributed by atoms with Gasteiger partial charge in [-0.05, 0) is 56.1 Å². The third-order valence-electron chi connectivity index (χ3n) is 4.49. The van der Waals surface area contributed by atoms with Crippen LogP contribution in [0.4, 0.5) is 0 Å². The highest BCUT2D eigenvalue weighted by Gasteiger charge is 2.38. The van der Waals surface area contributed by atoms with Crippen LogP contribution in [0.3, 0.4) is 0 Å². The van der Waals surface area contributed by atoms with Crippen LogP contribution in [0.25, 0.3) is 17.0 Å². The van der Waals surface area contributed by atoms with Crippen molar-refractivity contribution in [3.8, 4) is 0 Å². The molecule has 0 saturated carbocycles. The van der Waals surface area contributed by atoms with E-state index in [4.69, 9.17) is 4.52 Å². The van der Waals surface area contributed by atoms with E-state index in [0.29, 0.717) is 0 Å². The van der Waals surface area contributed by atoms with E-state index in [1.807, 2.05) is 39.1 Å². The lowest BCUT2D eigenvalue weighted by molar-refractivity contribution is 0.450. The fraction of sp³-hybridized carbons (Fsp3) is 0.471. The fourth-order valence-electron chi connectivity index (χ4n) is 2.38. The summed E-state index contributed by atoms with van der Waals surface area (Å²) in [5, 5.41) is 5.05. The average molecular weight is 303 g/mol. The number of nitrogens with zero attached hydrogens (tertiary/aromatic N) is 1. The Labute approximate surface area is 127 Å². The molecule has 0 atom stereocenters. The van der Waals surface area contributed by atoms with Gasteiger partial charge in [-0.25, -0.2) is 0 Å². The van der Waals surface area contributed by atoms with Gasteiger partial charge < -0.3 is 9.32 Å². The molecule has 0 radical (unpaired) electrons. The molecule has 0 fully saturated rings. The van der Waals surface area contributed by atoms with E-state index in [-0.39, 0.29) is 5.04 Å². The zero-order chi connectivity index (χ0) is 15.8. The number of aryl methyl sites for hydroxylation is 1. The first-order valence-electron chi connectivity index (χ1n) is 7.40. The Morgan fingerprint density at radius 1 is 1.33 bits per heavy atom. The van der Waals surface area contributed by atoms with Gasteiger partial charge in [0.25, 0.3) is 0 Å². The second-order valence-electron chi connectivity index (χ2n) is 6.95. The summed E-state index contributed by atoms with van der Waals surface area (Å²) in [4.78, 5) is 10.5. The smallest absolute Gasteiger partial charge is 0.188 e. The van der Waals surface area contributed by atoms with Crippen molar-refractivity contribution >= 4 is 25.4 Å². The van der Waals surface area contributed by atoms with Crippen molar-refractivity contribution in [2.45, 2.75) is 52.2 Å². The van der Waals surface area contributed by atoms with Gasteiger partial charge in [-0.3, -0.25) is 0 Å². The molecule has 0 aliphatic heterocycles. The molecule has 1 heterocycles. The van der Waals surface area contributed by atoms with Crippen LogP contribution in [-0.4, -0.2) is 18.3 Å². The third-order valence-corrected chi connectivity index (χ3v) is 7.98. The summed E-state index contributed by atoms with van der Waals surface area (Å²) in [5.41, 5.74) is 4.03. The maximum absolute atomic E-state index is 10.5. The van der Waals surface area contributed by atoms with E-state index in [2.05, 4.69) is 31.1 Å². The van der Waals surface area contributed by atoms with Gasteiger partial charge in [-0.1, -0.05) is 31.2 Å². The van der Waals surface area contributed by atoms with E-state index < -0.39 is 8.32 Å². The van der Waals surface area contributed by atoms with Gasteiger partial charge in [0, 0.05) is 10.9 Å². The molecule has 4 heteroatoms. The first-order chi connectivity index (χ1) is 9.65. The molecule has 3 nitrogen and oxygen atoms in total. The minimum atomic E-state index is -2.23. The molecule has 0 amide bonds. The van der Waals surface area contributed by atoms with Gasteiger partial charge in [-0.2, -0.15) is 0 Å². The Kier molecular flexibility index (Phi) is 4.13. The van der Waals surface area contributed by atoms with Crippen LogP contribution in [0.5, 0.6) is 0 Å². The van der Waals surface area contributed by atoms with Crippen molar-refractivity contribution in [3.05, 3.63) is 35.0 Å². The topological polar surface area (TPSA) is 46.3 Å². The molecule has 1 aromatic carbocycles. The van der Waals surface area contributed by atoms with Crippen LogP contribution < -0.4 is 0 Å². The monoisotopic (exact) mass is 303 g/mol. The summed E-state index contributed by atoms with van der Waals surface area (Å²) in [6.45, 7) is 12.3. The van der Waals surface area contributed by atoms with Gasteiger partial charge in [0.2, 0.25) is 0 Å². The molecule has 2 rings (SSSR count). The molecular weight excluding hydrogens is 278 g/mol. The van der Waals surface area contributed by atoms with Crippen molar-refractivity contribution in [1.29, 1.82) is 0 Å². The lowest BCUT2D eigenvalue weighted by Gasteiger charge is -2.35. The van der Waals surface area contributed by atoms with Gasteiger partial charge in [0.15, 0.2) is 13.9 Å². The Hall–Kier alpha value is -1.39. The second-order valence-corrected chi connectivity index (χ2v) is 11.4. The number of fused-ring (bicyclic) bond motifs is 1. The Balaban J connectivity index is 2.53. The summed E-state index contributed by atoms with van der Waals surface area (Å²) in [6.07, 6.45) is 4.91. The van der Waals surface area contributed by atoms with Crippen molar-refractivity contribution in [1.82, 2.24) is 5.16 Å². The van der Waals surface area contributed by atoms with E-state index in [9.17, 15) is 4.80 Å². The molecule has 0 unspecified atom stereocenters. The Morgan fingerprint density at radius 2 is 2.00 bits per heavy atom. The van der Waals surface area contributed by atoms with Crippen molar-refractivity contribution in [3.63, 3.8) is 0 Å². The van der Waals surface area contributed by atoms with E-state index >= 15 is 0 Å². The first kappa shape index (κ1) is 16.0. The molecule has 1 N–H and O–H groups in total. The minimum absolute atomic E-state index is 0.0844. The summed E-state index contributed by atoms with van der Waals surface area (Å²) in [6, 6.07) is 4.30. The van der Waals surface area contributed by atoms with Crippen molar-refractivity contribution < 1.29 is 9.32 Å². The molecule has 0 bridgehead atoms. The molecule has 114 valence electrons. The number of hydrogen-bond donors (Lipinski definition) is 1. The van der Waals surface area contributed by atoms with Crippen LogP contribution in [0.2, 0.25) is 18.1 Å². The largest absolute Gasteiger partial charge is 0.432 e. The first-order valence-corrected chi connectivity index (χ1v) is 10.3. The summed E-state index contributed by atoms with van der Waals surface area (Å²) in [7, 11) is -2.23. The molecule has 0 aliphatic carbocycles. The average Bonchev–Trinajstić information content (AvgIpc) is 2.70. The Bertz CT molecular complexity index is 678. The maximum atomic E-state index is 10.5. The molecule has 0 saturated heterocycles. The lowest BCUT2D eigenvalue weighted by Crippen LogP contribution is -2.40. The predicted molar refractivity (Wildman–Crippen MR) is 90.9 cm³/mol. The van der Waals surface area contributed by atoms with E-state index in [1.165, 1.54) is 5.56 Å². The van der Waals surface area contributed by atoms with E-state index in [0.717, 1.165) is 28.6 Å². The van der Waals surface area contributed by atoms with Gasteiger partial charge in [-0.15, -0.1) is 0 Å². The van der Waals surface area contributed by atoms with Crippen molar-refractivity contribution in [2.75, 3.05) is 0 Å². The van der Waals surface area contributed by atoms with Crippen LogP contribution >= 0.6 is 0 Å². The molecule has 1 aromatic heterocycles. The summed E-state index contributed by atoms with van der Waals surface area (Å²) in [5.74, 6) is 0. The zero-order valence-corrected chi connectivity index (χ0v) is 14.8. The third kappa shape index (κ3) is 3.11. The Morgan fingerprint density at radius 3 is 2.57 bits per heavy atom. The van der Waals surface area contributed by atoms with Crippen LogP contribution in [0.1, 0.15) is 37.6 Å². The molecule has 2 aromatic rings. The zero-order valence-electron chi connectivity index (χ0n) is 13.8. The number of hydrogen-bond acceptors (Lipinski definition) is 3. The minimum Gasteiger partial charge on any atom is -0.432 e. The van der Waals surface area contributed by atoms with Gasteiger partial charge in [0.05, 0.1) is 5.69 Å². The fourth-order valence-corrected chi connectivity index (χ4v) is 3.02. The number of benzene rings is 1. The lowest BCUT2D eigenvalue weighted by atomic mass is 9.97. The summed E-state index contributed by atoms with van der Waals surface area (Å²) >= 11 is 0. The highest BCUT2D eigenvalue weighted by Crippen LogP contribution is 2.39. The molecular formula is C17H25NO2Si. The highest BCUT2D eigenvalue weighted by atomic mass is 28.4. The van der Waals surface area contributed by atoms with Gasteiger partial charge >= 0.3 is 0 Å². The predicted octanol–water partition coefficient (Wildman–Crippen LogP) is 4.69. The normalized spacial score (nSPS) is 13.5. The SMILES string of the molecule is C/C=C/c1cc(CC(C)(C)[Si](C)(C)O)cc2c(C)noc12. The number of rotatable bonds is 4. The maximum Gasteiger partial charge on any atom is 0.188 e.